The Bertz CT molecular complexity index is 817. The molecule has 0 aliphatic carbocycles. The Morgan fingerprint density at radius 2 is 1.92 bits per heavy atom. The molecule has 25 heavy (non-hydrogen) atoms. The molecule has 1 amide bonds. The van der Waals surface area contributed by atoms with Crippen molar-refractivity contribution in [3.05, 3.63) is 71.2 Å². The fourth-order valence-electron chi connectivity index (χ4n) is 2.10. The summed E-state index contributed by atoms with van der Waals surface area (Å²) in [5.74, 6) is 1.07. The lowest BCUT2D eigenvalue weighted by Crippen LogP contribution is -2.13. The van der Waals surface area contributed by atoms with Crippen LogP contribution in [0, 0.1) is 6.92 Å². The first-order valence-electron chi connectivity index (χ1n) is 7.80. The highest BCUT2D eigenvalue weighted by molar-refractivity contribution is 8.01. The third-order valence-corrected chi connectivity index (χ3v) is 5.45. The van der Waals surface area contributed by atoms with E-state index < -0.39 is 0 Å². The van der Waals surface area contributed by atoms with Crippen molar-refractivity contribution in [2.45, 2.75) is 17.9 Å². The summed E-state index contributed by atoms with van der Waals surface area (Å²) in [5.41, 5.74) is 2.86. The average Bonchev–Trinajstić information content (AvgIpc) is 3.06. The second kappa shape index (κ2) is 8.69. The number of aromatic nitrogens is 1. The molecule has 4 nitrogen and oxygen atoms in total. The van der Waals surface area contributed by atoms with E-state index in [-0.39, 0.29) is 5.91 Å². The number of anilines is 1. The smallest absolute Gasteiger partial charge is 0.234 e. The Hall–Kier alpha value is -2.31. The van der Waals surface area contributed by atoms with Crippen molar-refractivity contribution in [3.63, 3.8) is 0 Å². The minimum absolute atomic E-state index is 0.0455. The van der Waals surface area contributed by atoms with E-state index in [0.717, 1.165) is 27.0 Å². The fraction of sp³-hybridized carbons (Fsp3) is 0.158. The molecule has 128 valence electrons. The third kappa shape index (κ3) is 5.62. The van der Waals surface area contributed by atoms with Crippen molar-refractivity contribution in [3.8, 4) is 5.75 Å². The number of thioether (sulfide) groups is 1. The number of benzene rings is 2. The van der Waals surface area contributed by atoms with Gasteiger partial charge in [0, 0.05) is 16.8 Å². The van der Waals surface area contributed by atoms with Gasteiger partial charge in [-0.1, -0.05) is 42.1 Å². The van der Waals surface area contributed by atoms with Crippen molar-refractivity contribution >= 4 is 34.7 Å². The van der Waals surface area contributed by atoms with Crippen LogP contribution in [0.15, 0.2) is 64.3 Å². The van der Waals surface area contributed by atoms with Crippen LogP contribution in [0.5, 0.6) is 5.75 Å². The monoisotopic (exact) mass is 370 g/mol. The molecule has 1 N–H and O–H groups in total. The Morgan fingerprint density at radius 1 is 1.16 bits per heavy atom. The van der Waals surface area contributed by atoms with Gasteiger partial charge < -0.3 is 10.1 Å². The number of amides is 1. The molecule has 0 aliphatic rings. The lowest BCUT2D eigenvalue weighted by molar-refractivity contribution is -0.113. The van der Waals surface area contributed by atoms with E-state index >= 15 is 0 Å². The summed E-state index contributed by atoms with van der Waals surface area (Å²) in [4.78, 5) is 16.3. The highest BCUT2D eigenvalue weighted by atomic mass is 32.2. The van der Waals surface area contributed by atoms with Gasteiger partial charge in [-0.15, -0.1) is 11.3 Å². The van der Waals surface area contributed by atoms with Gasteiger partial charge in [-0.3, -0.25) is 4.79 Å². The van der Waals surface area contributed by atoms with Crippen LogP contribution in [-0.2, 0) is 11.4 Å². The summed E-state index contributed by atoms with van der Waals surface area (Å²) in [6.07, 6.45) is 0. The fourth-order valence-corrected chi connectivity index (χ4v) is 3.75. The summed E-state index contributed by atoms with van der Waals surface area (Å²) in [5, 5.41) is 4.86. The molecule has 0 saturated carbocycles. The van der Waals surface area contributed by atoms with Gasteiger partial charge in [-0.05, 0) is 36.8 Å². The van der Waals surface area contributed by atoms with Gasteiger partial charge in [0.2, 0.25) is 5.91 Å². The molecule has 0 saturated heterocycles. The number of hydrogen-bond donors (Lipinski definition) is 1. The summed E-state index contributed by atoms with van der Waals surface area (Å²) in [7, 11) is 0. The van der Waals surface area contributed by atoms with E-state index in [1.165, 1.54) is 11.8 Å². The van der Waals surface area contributed by atoms with Gasteiger partial charge >= 0.3 is 0 Å². The molecule has 1 aromatic heterocycles. The van der Waals surface area contributed by atoms with E-state index in [9.17, 15) is 4.79 Å². The normalized spacial score (nSPS) is 10.4. The zero-order valence-electron chi connectivity index (χ0n) is 13.8. The Kier molecular flexibility index (Phi) is 6.09. The summed E-state index contributed by atoms with van der Waals surface area (Å²) < 4.78 is 6.65. The molecule has 2 aromatic carbocycles. The van der Waals surface area contributed by atoms with Gasteiger partial charge in [0.1, 0.15) is 12.4 Å². The molecular formula is C19H18N2O2S2. The molecular weight excluding hydrogens is 352 g/mol. The van der Waals surface area contributed by atoms with Crippen LogP contribution in [0.25, 0.3) is 0 Å². The van der Waals surface area contributed by atoms with Crippen molar-refractivity contribution in [1.82, 2.24) is 4.98 Å². The van der Waals surface area contributed by atoms with Crippen LogP contribution >= 0.6 is 23.1 Å². The minimum Gasteiger partial charge on any atom is -0.489 e. The second-order valence-electron chi connectivity index (χ2n) is 5.39. The van der Waals surface area contributed by atoms with Crippen molar-refractivity contribution < 1.29 is 9.53 Å². The molecule has 0 radical (unpaired) electrons. The van der Waals surface area contributed by atoms with Gasteiger partial charge in [0.15, 0.2) is 4.34 Å². The summed E-state index contributed by atoms with van der Waals surface area (Å²) in [6, 6.07) is 17.4. The SMILES string of the molecule is Cc1csc(SCC(=O)Nc2ccc(OCc3ccccc3)cc2)n1. The number of thiazole rings is 1. The molecule has 0 fully saturated rings. The van der Waals surface area contributed by atoms with Crippen molar-refractivity contribution in [1.29, 1.82) is 0 Å². The van der Waals surface area contributed by atoms with Gasteiger partial charge in [-0.2, -0.15) is 0 Å². The number of nitrogens with zero attached hydrogens (tertiary/aromatic N) is 1. The van der Waals surface area contributed by atoms with E-state index in [4.69, 9.17) is 4.74 Å². The van der Waals surface area contributed by atoms with Crippen LogP contribution < -0.4 is 10.1 Å². The maximum Gasteiger partial charge on any atom is 0.234 e. The van der Waals surface area contributed by atoms with E-state index in [2.05, 4.69) is 10.3 Å². The van der Waals surface area contributed by atoms with Gasteiger partial charge in [0.05, 0.1) is 5.75 Å². The zero-order valence-corrected chi connectivity index (χ0v) is 15.4. The first-order valence-corrected chi connectivity index (χ1v) is 9.67. The molecule has 6 heteroatoms. The molecule has 3 rings (SSSR count). The first-order chi connectivity index (χ1) is 12.2. The maximum atomic E-state index is 12.0. The van der Waals surface area contributed by atoms with Crippen LogP contribution in [0.1, 0.15) is 11.3 Å². The number of aryl methyl sites for hydroxylation is 1. The van der Waals surface area contributed by atoms with Crippen LogP contribution in [0.4, 0.5) is 5.69 Å². The van der Waals surface area contributed by atoms with Crippen LogP contribution in [0.2, 0.25) is 0 Å². The zero-order chi connectivity index (χ0) is 17.5. The van der Waals surface area contributed by atoms with Crippen molar-refractivity contribution in [2.75, 3.05) is 11.1 Å². The van der Waals surface area contributed by atoms with E-state index in [1.54, 1.807) is 11.3 Å². The molecule has 0 unspecified atom stereocenters. The predicted molar refractivity (Wildman–Crippen MR) is 103 cm³/mol. The number of ether oxygens (including phenoxy) is 1. The molecule has 0 spiro atoms. The minimum atomic E-state index is -0.0455. The lowest BCUT2D eigenvalue weighted by atomic mass is 10.2. The van der Waals surface area contributed by atoms with E-state index in [1.807, 2.05) is 66.9 Å². The number of carbonyl (C=O) groups excluding carboxylic acids is 1. The summed E-state index contributed by atoms with van der Waals surface area (Å²) in [6.45, 7) is 2.47. The first kappa shape index (κ1) is 17.5. The highest BCUT2D eigenvalue weighted by Gasteiger charge is 2.06. The Labute approximate surface area is 155 Å². The molecule has 0 bridgehead atoms. The topological polar surface area (TPSA) is 51.2 Å². The highest BCUT2D eigenvalue weighted by Crippen LogP contribution is 2.23. The van der Waals surface area contributed by atoms with Crippen LogP contribution in [0.3, 0.4) is 0 Å². The molecule has 3 aromatic rings. The number of nitrogens with one attached hydrogen (secondary N) is 1. The molecule has 1 heterocycles. The number of hydrogen-bond acceptors (Lipinski definition) is 5. The van der Waals surface area contributed by atoms with E-state index in [0.29, 0.717) is 12.4 Å². The summed E-state index contributed by atoms with van der Waals surface area (Å²) >= 11 is 3.01. The van der Waals surface area contributed by atoms with Gasteiger partial charge in [-0.25, -0.2) is 4.98 Å². The average molecular weight is 370 g/mol. The largest absolute Gasteiger partial charge is 0.489 e. The predicted octanol–water partition coefficient (Wildman–Crippen LogP) is 4.76. The Balaban J connectivity index is 1.46. The molecule has 0 atom stereocenters. The molecule has 0 aliphatic heterocycles. The maximum absolute atomic E-state index is 12.0. The number of rotatable bonds is 7. The van der Waals surface area contributed by atoms with Gasteiger partial charge in [0.25, 0.3) is 0 Å². The third-order valence-electron chi connectivity index (χ3n) is 3.31. The number of carbonyl (C=O) groups is 1. The lowest BCUT2D eigenvalue weighted by Gasteiger charge is -2.08. The Morgan fingerprint density at radius 3 is 2.60 bits per heavy atom. The standard InChI is InChI=1S/C19H18N2O2S2/c1-14-12-24-19(20-14)25-13-18(22)21-16-7-9-17(10-8-16)23-11-15-5-3-2-4-6-15/h2-10,12H,11,13H2,1H3,(H,21,22). The van der Waals surface area contributed by atoms with Crippen LogP contribution in [-0.4, -0.2) is 16.6 Å². The quantitative estimate of drug-likeness (QED) is 0.609. The second-order valence-corrected chi connectivity index (χ2v) is 7.47. The van der Waals surface area contributed by atoms with Crippen molar-refractivity contribution in [2.24, 2.45) is 0 Å².